The summed E-state index contributed by atoms with van der Waals surface area (Å²) < 4.78 is 1.80. The van der Waals surface area contributed by atoms with Gasteiger partial charge in [0.2, 0.25) is 11.1 Å². The highest BCUT2D eigenvalue weighted by Gasteiger charge is 2.29. The van der Waals surface area contributed by atoms with Gasteiger partial charge in [-0.15, -0.1) is 16.4 Å². The molecular formula is C10H12N6OS2. The third-order valence-electron chi connectivity index (χ3n) is 2.67. The van der Waals surface area contributed by atoms with Crippen molar-refractivity contribution in [1.29, 1.82) is 0 Å². The van der Waals surface area contributed by atoms with Crippen LogP contribution in [0.5, 0.6) is 0 Å². The van der Waals surface area contributed by atoms with E-state index < -0.39 is 0 Å². The molecule has 0 spiro atoms. The number of anilines is 1. The first-order chi connectivity index (χ1) is 9.24. The second-order valence-electron chi connectivity index (χ2n) is 4.22. The number of rotatable bonds is 5. The summed E-state index contributed by atoms with van der Waals surface area (Å²) in [6.07, 6.45) is 3.88. The second kappa shape index (κ2) is 5.25. The maximum Gasteiger partial charge on any atom is 0.239 e. The molecule has 1 N–H and O–H groups in total. The first kappa shape index (κ1) is 12.5. The van der Waals surface area contributed by atoms with E-state index in [0.717, 1.165) is 12.8 Å². The van der Waals surface area contributed by atoms with Crippen LogP contribution in [0.1, 0.15) is 25.8 Å². The zero-order valence-electron chi connectivity index (χ0n) is 10.2. The highest BCUT2D eigenvalue weighted by Crippen LogP contribution is 2.37. The Kier molecular flexibility index (Phi) is 3.47. The van der Waals surface area contributed by atoms with E-state index in [-0.39, 0.29) is 11.2 Å². The quantitative estimate of drug-likeness (QED) is 0.843. The molecule has 0 saturated heterocycles. The Morgan fingerprint density at radius 1 is 1.63 bits per heavy atom. The molecule has 1 aliphatic carbocycles. The molecule has 2 heterocycles. The zero-order chi connectivity index (χ0) is 13.2. The number of aromatic nitrogens is 5. The molecule has 0 aromatic carbocycles. The Morgan fingerprint density at radius 2 is 2.47 bits per heavy atom. The predicted octanol–water partition coefficient (Wildman–Crippen LogP) is 1.58. The topological polar surface area (TPSA) is 85.6 Å². The maximum absolute atomic E-state index is 12.0. The third kappa shape index (κ3) is 2.92. The van der Waals surface area contributed by atoms with Gasteiger partial charge in [-0.2, -0.15) is 0 Å². The Morgan fingerprint density at radius 3 is 3.16 bits per heavy atom. The lowest BCUT2D eigenvalue weighted by molar-refractivity contribution is -0.115. The second-order valence-corrected chi connectivity index (χ2v) is 6.43. The van der Waals surface area contributed by atoms with Crippen molar-refractivity contribution in [1.82, 2.24) is 25.2 Å². The molecule has 2 aromatic heterocycles. The molecule has 0 radical (unpaired) electrons. The van der Waals surface area contributed by atoms with Crippen molar-refractivity contribution in [3.8, 4) is 0 Å². The van der Waals surface area contributed by atoms with Crippen LogP contribution in [0.3, 0.4) is 0 Å². The summed E-state index contributed by atoms with van der Waals surface area (Å²) in [5, 5.41) is 17.2. The van der Waals surface area contributed by atoms with Gasteiger partial charge in [-0.1, -0.05) is 11.8 Å². The average molecular weight is 296 g/mol. The van der Waals surface area contributed by atoms with Crippen LogP contribution >= 0.6 is 23.1 Å². The molecule has 7 nitrogen and oxygen atoms in total. The van der Waals surface area contributed by atoms with Gasteiger partial charge < -0.3 is 5.32 Å². The molecule has 1 fully saturated rings. The lowest BCUT2D eigenvalue weighted by Gasteiger charge is -2.09. The van der Waals surface area contributed by atoms with Crippen LogP contribution in [0.25, 0.3) is 0 Å². The smallest absolute Gasteiger partial charge is 0.239 e. The molecule has 1 aliphatic rings. The number of hydrogen-bond donors (Lipinski definition) is 1. The summed E-state index contributed by atoms with van der Waals surface area (Å²) >= 11 is 2.76. The summed E-state index contributed by atoms with van der Waals surface area (Å²) in [4.78, 5) is 16.0. The minimum atomic E-state index is -0.271. The molecule has 9 heteroatoms. The van der Waals surface area contributed by atoms with Crippen LogP contribution in [0.2, 0.25) is 0 Å². The number of thioether (sulfide) groups is 1. The van der Waals surface area contributed by atoms with Crippen molar-refractivity contribution >= 4 is 34.1 Å². The number of carbonyl (C=O) groups excluding carboxylic acids is 1. The largest absolute Gasteiger partial charge is 0.301 e. The van der Waals surface area contributed by atoms with Crippen LogP contribution in [0.4, 0.5) is 5.13 Å². The van der Waals surface area contributed by atoms with Crippen molar-refractivity contribution in [2.75, 3.05) is 5.32 Å². The molecule has 1 saturated carbocycles. The minimum absolute atomic E-state index is 0.0923. The summed E-state index contributed by atoms with van der Waals surface area (Å²) in [6, 6.07) is 0.409. The van der Waals surface area contributed by atoms with Gasteiger partial charge in [0.25, 0.3) is 0 Å². The molecule has 2 aromatic rings. The fraction of sp³-hybridized carbons (Fsp3) is 0.500. The van der Waals surface area contributed by atoms with Gasteiger partial charge >= 0.3 is 0 Å². The standard InChI is InChI=1S/C10H12N6OS2/c1-6(8(17)12-9-11-4-5-18-9)19-10-13-14-15-16(10)7-2-3-7/h4-7H,2-3H2,1H3,(H,11,12,17). The molecule has 100 valence electrons. The fourth-order valence-electron chi connectivity index (χ4n) is 1.52. The van der Waals surface area contributed by atoms with Crippen molar-refractivity contribution in [3.05, 3.63) is 11.6 Å². The molecular weight excluding hydrogens is 284 g/mol. The average Bonchev–Trinajstić information content (AvgIpc) is 2.92. The van der Waals surface area contributed by atoms with E-state index in [1.165, 1.54) is 23.1 Å². The van der Waals surface area contributed by atoms with Gasteiger partial charge in [-0.05, 0) is 30.2 Å². The first-order valence-corrected chi connectivity index (χ1v) is 7.65. The predicted molar refractivity (Wildman–Crippen MR) is 72.2 cm³/mol. The van der Waals surface area contributed by atoms with Crippen molar-refractivity contribution in [2.45, 2.75) is 36.2 Å². The number of hydrogen-bond acceptors (Lipinski definition) is 7. The van der Waals surface area contributed by atoms with Crippen LogP contribution < -0.4 is 5.32 Å². The summed E-state index contributed by atoms with van der Waals surface area (Å²) in [5.74, 6) is -0.0923. The van der Waals surface area contributed by atoms with Gasteiger partial charge in [-0.3, -0.25) is 4.79 Å². The SMILES string of the molecule is CC(Sc1nnnn1C1CC1)C(=O)Nc1nccs1. The Bertz CT molecular complexity index is 564. The van der Waals surface area contributed by atoms with E-state index in [1.807, 2.05) is 12.3 Å². The van der Waals surface area contributed by atoms with E-state index in [0.29, 0.717) is 16.3 Å². The normalized spacial score (nSPS) is 16.3. The van der Waals surface area contributed by atoms with E-state index in [1.54, 1.807) is 10.9 Å². The van der Waals surface area contributed by atoms with Crippen molar-refractivity contribution in [2.24, 2.45) is 0 Å². The Hall–Kier alpha value is -1.48. The first-order valence-electron chi connectivity index (χ1n) is 5.89. The molecule has 19 heavy (non-hydrogen) atoms. The van der Waals surface area contributed by atoms with Gasteiger partial charge in [-0.25, -0.2) is 9.67 Å². The number of tetrazole rings is 1. The third-order valence-corrected chi connectivity index (χ3v) is 4.40. The summed E-state index contributed by atoms with van der Waals surface area (Å²) in [7, 11) is 0. The molecule has 1 atom stereocenters. The summed E-state index contributed by atoms with van der Waals surface area (Å²) in [5.41, 5.74) is 0. The van der Waals surface area contributed by atoms with Gasteiger partial charge in [0.15, 0.2) is 5.13 Å². The molecule has 3 rings (SSSR count). The van der Waals surface area contributed by atoms with Gasteiger partial charge in [0, 0.05) is 11.6 Å². The lowest BCUT2D eigenvalue weighted by atomic mass is 10.4. The maximum atomic E-state index is 12.0. The van der Waals surface area contributed by atoms with Gasteiger partial charge in [0.05, 0.1) is 11.3 Å². The lowest BCUT2D eigenvalue weighted by Crippen LogP contribution is -2.22. The number of amides is 1. The van der Waals surface area contributed by atoms with E-state index in [2.05, 4.69) is 25.8 Å². The highest BCUT2D eigenvalue weighted by atomic mass is 32.2. The molecule has 0 bridgehead atoms. The van der Waals surface area contributed by atoms with Crippen LogP contribution in [-0.2, 0) is 4.79 Å². The van der Waals surface area contributed by atoms with Crippen molar-refractivity contribution < 1.29 is 4.79 Å². The van der Waals surface area contributed by atoms with E-state index >= 15 is 0 Å². The van der Waals surface area contributed by atoms with Crippen molar-refractivity contribution in [3.63, 3.8) is 0 Å². The van der Waals surface area contributed by atoms with Crippen LogP contribution in [-0.4, -0.2) is 36.3 Å². The number of nitrogens with one attached hydrogen (secondary N) is 1. The minimum Gasteiger partial charge on any atom is -0.301 e. The highest BCUT2D eigenvalue weighted by molar-refractivity contribution is 8.00. The molecule has 1 amide bonds. The molecule has 0 aliphatic heterocycles. The summed E-state index contributed by atoms with van der Waals surface area (Å²) in [6.45, 7) is 1.83. The zero-order valence-corrected chi connectivity index (χ0v) is 11.8. The number of carbonyl (C=O) groups is 1. The van der Waals surface area contributed by atoms with E-state index in [9.17, 15) is 4.79 Å². The van der Waals surface area contributed by atoms with Crippen LogP contribution in [0.15, 0.2) is 16.7 Å². The van der Waals surface area contributed by atoms with E-state index in [4.69, 9.17) is 0 Å². The fourth-order valence-corrected chi connectivity index (χ4v) is 2.91. The Balaban J connectivity index is 1.62. The Labute approximate surface area is 117 Å². The molecule has 1 unspecified atom stereocenters. The van der Waals surface area contributed by atoms with Gasteiger partial charge in [0.1, 0.15) is 0 Å². The number of thiazole rings is 1. The number of nitrogens with zero attached hydrogens (tertiary/aromatic N) is 5. The van der Waals surface area contributed by atoms with Crippen LogP contribution in [0, 0.1) is 0 Å². The monoisotopic (exact) mass is 296 g/mol.